The molecule has 11 heteroatoms. The van der Waals surface area contributed by atoms with Crippen LogP contribution in [-0.4, -0.2) is 50.3 Å². The van der Waals surface area contributed by atoms with Crippen LogP contribution in [0, 0.1) is 5.41 Å². The molecule has 1 aromatic carbocycles. The number of hydrogen-bond acceptors (Lipinski definition) is 8. The monoisotopic (exact) mass is 492 g/mol. The SMILES string of the molecule is Cn1cc(Nc2nccc(-c3ccc4c(c3)OCCCC4NC(=O)N3CN[C@@H](C(C)(C)C)O3)n2)cn1. The molecule has 3 N–H and O–H groups in total. The summed E-state index contributed by atoms with van der Waals surface area (Å²) in [6, 6.07) is 7.37. The van der Waals surface area contributed by atoms with Gasteiger partial charge in [0, 0.05) is 36.0 Å². The number of hydroxylamine groups is 2. The van der Waals surface area contributed by atoms with E-state index in [2.05, 4.69) is 51.8 Å². The fourth-order valence-corrected chi connectivity index (χ4v) is 4.25. The first-order valence-corrected chi connectivity index (χ1v) is 12.1. The Balaban J connectivity index is 1.32. The summed E-state index contributed by atoms with van der Waals surface area (Å²) >= 11 is 0. The summed E-state index contributed by atoms with van der Waals surface area (Å²) in [5, 5.41) is 15.0. The number of aryl methyl sites for hydroxylation is 1. The van der Waals surface area contributed by atoms with Crippen molar-refractivity contribution in [1.29, 1.82) is 0 Å². The van der Waals surface area contributed by atoms with Crippen LogP contribution >= 0.6 is 0 Å². The van der Waals surface area contributed by atoms with Gasteiger partial charge in [-0.15, -0.1) is 0 Å². The highest BCUT2D eigenvalue weighted by Gasteiger charge is 2.36. The number of nitrogens with one attached hydrogen (secondary N) is 3. The molecule has 1 fully saturated rings. The molecule has 4 heterocycles. The van der Waals surface area contributed by atoms with E-state index in [0.717, 1.165) is 41.1 Å². The predicted octanol–water partition coefficient (Wildman–Crippen LogP) is 3.71. The van der Waals surface area contributed by atoms with Crippen LogP contribution in [0.5, 0.6) is 5.75 Å². The maximum Gasteiger partial charge on any atom is 0.343 e. The van der Waals surface area contributed by atoms with E-state index in [9.17, 15) is 4.79 Å². The molecule has 2 atom stereocenters. The third-order valence-corrected chi connectivity index (χ3v) is 6.16. The zero-order valence-corrected chi connectivity index (χ0v) is 21.0. The number of urea groups is 1. The minimum Gasteiger partial charge on any atom is -0.493 e. The molecule has 0 saturated carbocycles. The molecule has 1 unspecified atom stereocenters. The van der Waals surface area contributed by atoms with Crippen molar-refractivity contribution in [2.75, 3.05) is 18.6 Å². The van der Waals surface area contributed by atoms with Crippen LogP contribution in [0.3, 0.4) is 0 Å². The van der Waals surface area contributed by atoms with Gasteiger partial charge >= 0.3 is 6.03 Å². The number of fused-ring (bicyclic) bond motifs is 1. The van der Waals surface area contributed by atoms with Crippen LogP contribution < -0.4 is 20.7 Å². The standard InChI is InChI=1S/C25H32N8O3/c1-25(2,3)22-27-15-33(36-22)24(34)31-20-6-5-11-35-21-12-16(7-8-18(20)21)19-9-10-26-23(30-19)29-17-13-28-32(4)14-17/h7-10,12-14,20,22,27H,5-6,11,15H2,1-4H3,(H,31,34)(H,26,29,30)/t20?,22-/m1/s1. The van der Waals surface area contributed by atoms with Gasteiger partial charge in [0.15, 0.2) is 0 Å². The van der Waals surface area contributed by atoms with Gasteiger partial charge in [-0.1, -0.05) is 32.9 Å². The first-order chi connectivity index (χ1) is 17.3. The van der Waals surface area contributed by atoms with E-state index in [1.54, 1.807) is 17.1 Å². The second kappa shape index (κ2) is 9.75. The number of ether oxygens (including phenoxy) is 1. The number of rotatable bonds is 4. The molecule has 2 amide bonds. The van der Waals surface area contributed by atoms with E-state index >= 15 is 0 Å². The first kappa shape index (κ1) is 24.0. The topological polar surface area (TPSA) is 118 Å². The van der Waals surface area contributed by atoms with Crippen molar-refractivity contribution in [3.63, 3.8) is 0 Å². The Kier molecular flexibility index (Phi) is 6.50. The Morgan fingerprint density at radius 2 is 2.11 bits per heavy atom. The summed E-state index contributed by atoms with van der Waals surface area (Å²) in [5.74, 6) is 1.22. The molecule has 1 saturated heterocycles. The van der Waals surface area contributed by atoms with Gasteiger partial charge in [0.05, 0.1) is 30.2 Å². The van der Waals surface area contributed by atoms with Crippen LogP contribution in [0.1, 0.15) is 45.2 Å². The minimum absolute atomic E-state index is 0.122. The summed E-state index contributed by atoms with van der Waals surface area (Å²) in [6.45, 7) is 7.12. The molecule has 5 rings (SSSR count). The lowest BCUT2D eigenvalue weighted by Crippen LogP contribution is -2.40. The van der Waals surface area contributed by atoms with E-state index in [1.165, 1.54) is 5.06 Å². The zero-order valence-electron chi connectivity index (χ0n) is 21.0. The smallest absolute Gasteiger partial charge is 0.343 e. The van der Waals surface area contributed by atoms with Crippen molar-refractivity contribution in [2.45, 2.75) is 45.9 Å². The van der Waals surface area contributed by atoms with Gasteiger partial charge in [-0.05, 0) is 25.0 Å². The molecule has 0 bridgehead atoms. The number of carbonyl (C=O) groups is 1. The second-order valence-corrected chi connectivity index (χ2v) is 10.1. The molecule has 3 aromatic rings. The fourth-order valence-electron chi connectivity index (χ4n) is 4.25. The average Bonchev–Trinajstić information content (AvgIpc) is 3.46. The van der Waals surface area contributed by atoms with E-state index in [1.807, 2.05) is 37.5 Å². The largest absolute Gasteiger partial charge is 0.493 e. The molecule has 2 aliphatic heterocycles. The Labute approximate surface area is 210 Å². The Hall–Kier alpha value is -3.70. The van der Waals surface area contributed by atoms with Gasteiger partial charge < -0.3 is 15.4 Å². The minimum atomic E-state index is -0.266. The number of hydrogen-bond donors (Lipinski definition) is 3. The van der Waals surface area contributed by atoms with Crippen molar-refractivity contribution in [2.24, 2.45) is 12.5 Å². The van der Waals surface area contributed by atoms with Crippen molar-refractivity contribution in [3.05, 3.63) is 48.4 Å². The quantitative estimate of drug-likeness (QED) is 0.504. The van der Waals surface area contributed by atoms with Crippen molar-refractivity contribution < 1.29 is 14.4 Å². The lowest BCUT2D eigenvalue weighted by atomic mass is 9.95. The molecule has 36 heavy (non-hydrogen) atoms. The fraction of sp³-hybridized carbons (Fsp3) is 0.440. The average molecular weight is 493 g/mol. The number of carbonyl (C=O) groups excluding carboxylic acids is 1. The zero-order chi connectivity index (χ0) is 25.3. The normalized spacial score (nSPS) is 19.8. The van der Waals surface area contributed by atoms with Crippen molar-refractivity contribution in [3.8, 4) is 17.0 Å². The summed E-state index contributed by atoms with van der Waals surface area (Å²) in [6.07, 6.45) is 6.66. The highest BCUT2D eigenvalue weighted by molar-refractivity contribution is 5.74. The van der Waals surface area contributed by atoms with Crippen LogP contribution in [0.4, 0.5) is 16.4 Å². The van der Waals surface area contributed by atoms with E-state index in [4.69, 9.17) is 9.57 Å². The Morgan fingerprint density at radius 3 is 2.86 bits per heavy atom. The van der Waals surface area contributed by atoms with Crippen LogP contribution in [0.2, 0.25) is 0 Å². The number of amides is 2. The number of anilines is 2. The molecular formula is C25H32N8O3. The molecule has 0 spiro atoms. The first-order valence-electron chi connectivity index (χ1n) is 12.1. The Morgan fingerprint density at radius 1 is 1.25 bits per heavy atom. The van der Waals surface area contributed by atoms with E-state index in [-0.39, 0.29) is 23.7 Å². The van der Waals surface area contributed by atoms with Crippen LogP contribution in [-0.2, 0) is 11.9 Å². The van der Waals surface area contributed by atoms with E-state index < -0.39 is 0 Å². The molecule has 0 aliphatic carbocycles. The molecule has 0 radical (unpaired) electrons. The summed E-state index contributed by atoms with van der Waals surface area (Å²) in [7, 11) is 1.85. The van der Waals surface area contributed by atoms with Gasteiger partial charge in [0.25, 0.3) is 0 Å². The lowest BCUT2D eigenvalue weighted by Gasteiger charge is -2.26. The third-order valence-electron chi connectivity index (χ3n) is 6.16. The van der Waals surface area contributed by atoms with Crippen LogP contribution in [0.25, 0.3) is 11.3 Å². The summed E-state index contributed by atoms with van der Waals surface area (Å²) in [4.78, 5) is 27.8. The van der Waals surface area contributed by atoms with Gasteiger partial charge in [-0.25, -0.2) is 19.6 Å². The highest BCUT2D eigenvalue weighted by atomic mass is 16.7. The predicted molar refractivity (Wildman–Crippen MR) is 134 cm³/mol. The van der Waals surface area contributed by atoms with Crippen LogP contribution in [0.15, 0.2) is 42.9 Å². The molecule has 11 nitrogen and oxygen atoms in total. The van der Waals surface area contributed by atoms with Gasteiger partial charge in [-0.2, -0.15) is 10.2 Å². The highest BCUT2D eigenvalue weighted by Crippen LogP contribution is 2.35. The number of aromatic nitrogens is 4. The summed E-state index contributed by atoms with van der Waals surface area (Å²) in [5.41, 5.74) is 3.29. The van der Waals surface area contributed by atoms with Gasteiger partial charge in [-0.3, -0.25) is 10.00 Å². The maximum atomic E-state index is 13.0. The van der Waals surface area contributed by atoms with Crippen molar-refractivity contribution in [1.82, 2.24) is 35.4 Å². The van der Waals surface area contributed by atoms with E-state index in [0.29, 0.717) is 19.2 Å². The molecule has 2 aromatic heterocycles. The third kappa shape index (κ3) is 5.26. The molecular weight excluding hydrogens is 460 g/mol. The molecule has 2 aliphatic rings. The number of benzene rings is 1. The lowest BCUT2D eigenvalue weighted by molar-refractivity contribution is -0.139. The Bertz CT molecular complexity index is 1240. The van der Waals surface area contributed by atoms with Gasteiger partial charge in [0.2, 0.25) is 5.95 Å². The van der Waals surface area contributed by atoms with Gasteiger partial charge in [0.1, 0.15) is 18.6 Å². The second-order valence-electron chi connectivity index (χ2n) is 10.1. The molecule has 190 valence electrons. The maximum absolute atomic E-state index is 13.0. The summed E-state index contributed by atoms with van der Waals surface area (Å²) < 4.78 is 7.77. The van der Waals surface area contributed by atoms with Crippen molar-refractivity contribution >= 4 is 17.7 Å². The number of nitrogens with zero attached hydrogens (tertiary/aromatic N) is 5.